The van der Waals surface area contributed by atoms with Crippen LogP contribution in [0.1, 0.15) is 13.8 Å². The number of thioether (sulfide) groups is 1. The summed E-state index contributed by atoms with van der Waals surface area (Å²) in [4.78, 5) is 9.80. The first-order valence-corrected chi connectivity index (χ1v) is 6.38. The first-order valence-electron chi connectivity index (χ1n) is 5.39. The minimum Gasteiger partial charge on any atom is -0.456 e. The second-order valence-corrected chi connectivity index (χ2v) is 5.32. The third-order valence-electron chi connectivity index (χ3n) is 2.56. The summed E-state index contributed by atoms with van der Waals surface area (Å²) in [6.45, 7) is 2.27. The van der Waals surface area contributed by atoms with Crippen LogP contribution in [0.5, 0.6) is 0 Å². The van der Waals surface area contributed by atoms with Gasteiger partial charge in [-0.1, -0.05) is 6.92 Å². The number of aliphatic hydroxyl groups excluding tert-OH is 3. The van der Waals surface area contributed by atoms with E-state index >= 15 is 0 Å². The molecule has 1 aliphatic rings. The Hall–Kier alpha value is -0.340. The number of ether oxygens (including phenoxy) is 2. The lowest BCUT2D eigenvalue weighted by Crippen LogP contribution is -2.46. The molecule has 1 aliphatic heterocycles. The van der Waals surface area contributed by atoms with Gasteiger partial charge in [-0.05, 0) is 5.75 Å². The van der Waals surface area contributed by atoms with Crippen molar-refractivity contribution in [1.82, 2.24) is 0 Å². The number of rotatable bonds is 5. The Labute approximate surface area is 104 Å². The molecular weight excluding hydrogens is 248 g/mol. The number of hydrogen-bond acceptors (Lipinski definition) is 7. The maximum absolute atomic E-state index is 11.0. The molecule has 17 heavy (non-hydrogen) atoms. The van der Waals surface area contributed by atoms with E-state index < -0.39 is 42.4 Å². The van der Waals surface area contributed by atoms with E-state index in [4.69, 9.17) is 14.6 Å². The quantitative estimate of drug-likeness (QED) is 0.556. The van der Waals surface area contributed by atoms with Crippen molar-refractivity contribution < 1.29 is 29.6 Å². The van der Waals surface area contributed by atoms with Gasteiger partial charge in [0.15, 0.2) is 11.0 Å². The summed E-state index contributed by atoms with van der Waals surface area (Å²) in [7, 11) is 0. The molecule has 1 heterocycles. The molecule has 0 aromatic heterocycles. The van der Waals surface area contributed by atoms with Crippen LogP contribution in [0.3, 0.4) is 0 Å². The largest absolute Gasteiger partial charge is 0.456 e. The molecule has 0 bridgehead atoms. The van der Waals surface area contributed by atoms with Gasteiger partial charge in [0.25, 0.3) is 0 Å². The molecule has 0 amide bonds. The fourth-order valence-electron chi connectivity index (χ4n) is 1.87. The Bertz CT molecular complexity index is 274. The van der Waals surface area contributed by atoms with Gasteiger partial charge in [0.2, 0.25) is 0 Å². The molecule has 4 atom stereocenters. The van der Waals surface area contributed by atoms with Gasteiger partial charge in [-0.2, -0.15) is 0 Å². The molecule has 0 radical (unpaired) electrons. The van der Waals surface area contributed by atoms with Crippen molar-refractivity contribution in [3.05, 3.63) is 0 Å². The molecule has 0 unspecified atom stereocenters. The van der Waals surface area contributed by atoms with E-state index in [-0.39, 0.29) is 0 Å². The van der Waals surface area contributed by atoms with Crippen LogP contribution in [0.25, 0.3) is 0 Å². The number of hydrogen-bond donors (Lipinski definition) is 3. The van der Waals surface area contributed by atoms with Crippen LogP contribution in [0, 0.1) is 0 Å². The number of carbonyl (C=O) groups excluding carboxylic acids is 1. The zero-order valence-electron chi connectivity index (χ0n) is 9.83. The maximum atomic E-state index is 11.0. The number of aliphatic hydroxyl groups is 3. The SMILES string of the molecule is CCS[C@]1(CO)O[C@H](CO)[C@@H](O)[C@@H]1OC(C)=O. The van der Waals surface area contributed by atoms with Crippen LogP contribution in [0.4, 0.5) is 0 Å². The first kappa shape index (κ1) is 14.7. The van der Waals surface area contributed by atoms with Gasteiger partial charge in [-0.25, -0.2) is 0 Å². The zero-order chi connectivity index (χ0) is 13.1. The van der Waals surface area contributed by atoms with Gasteiger partial charge < -0.3 is 24.8 Å². The summed E-state index contributed by atoms with van der Waals surface area (Å²) in [6, 6.07) is 0. The minimum absolute atomic E-state index is 0.398. The van der Waals surface area contributed by atoms with E-state index in [1.54, 1.807) is 0 Å². The third kappa shape index (κ3) is 2.92. The van der Waals surface area contributed by atoms with Gasteiger partial charge in [0.05, 0.1) is 13.2 Å². The highest BCUT2D eigenvalue weighted by Crippen LogP contribution is 2.41. The van der Waals surface area contributed by atoms with E-state index in [2.05, 4.69) is 0 Å². The topological polar surface area (TPSA) is 96.2 Å². The van der Waals surface area contributed by atoms with Crippen molar-refractivity contribution in [2.75, 3.05) is 19.0 Å². The molecule has 0 aromatic rings. The van der Waals surface area contributed by atoms with Crippen LogP contribution >= 0.6 is 11.8 Å². The third-order valence-corrected chi connectivity index (χ3v) is 3.79. The van der Waals surface area contributed by atoms with E-state index in [1.165, 1.54) is 18.7 Å². The molecule has 3 N–H and O–H groups in total. The van der Waals surface area contributed by atoms with Crippen molar-refractivity contribution in [2.45, 2.75) is 37.1 Å². The lowest BCUT2D eigenvalue weighted by atomic mass is 10.1. The summed E-state index contributed by atoms with van der Waals surface area (Å²) >= 11 is 1.24. The highest BCUT2D eigenvalue weighted by atomic mass is 32.2. The van der Waals surface area contributed by atoms with Crippen molar-refractivity contribution in [3.8, 4) is 0 Å². The van der Waals surface area contributed by atoms with E-state index in [9.17, 15) is 15.0 Å². The summed E-state index contributed by atoms with van der Waals surface area (Å²) in [5, 5.41) is 28.4. The van der Waals surface area contributed by atoms with Gasteiger partial charge in [0, 0.05) is 6.92 Å². The summed E-state index contributed by atoms with van der Waals surface area (Å²) in [5.74, 6) is 0.0502. The van der Waals surface area contributed by atoms with E-state index in [0.29, 0.717) is 5.75 Å². The molecule has 0 saturated carbocycles. The lowest BCUT2D eigenvalue weighted by Gasteiger charge is -2.31. The normalized spacial score (nSPS) is 37.1. The summed E-state index contributed by atoms with van der Waals surface area (Å²) < 4.78 is 10.5. The van der Waals surface area contributed by atoms with Gasteiger partial charge in [-0.3, -0.25) is 4.79 Å². The van der Waals surface area contributed by atoms with Crippen LogP contribution in [-0.4, -0.2) is 63.5 Å². The van der Waals surface area contributed by atoms with E-state index in [1.807, 2.05) is 6.92 Å². The smallest absolute Gasteiger partial charge is 0.303 e. The van der Waals surface area contributed by atoms with Crippen molar-refractivity contribution >= 4 is 17.7 Å². The Morgan fingerprint density at radius 1 is 1.53 bits per heavy atom. The van der Waals surface area contributed by atoms with Crippen LogP contribution in [0.2, 0.25) is 0 Å². The Kier molecular flexibility index (Phi) is 5.21. The Morgan fingerprint density at radius 2 is 2.18 bits per heavy atom. The minimum atomic E-state index is -1.20. The molecule has 0 aromatic carbocycles. The standard InChI is InChI=1S/C10H18O6S/c1-3-17-10(5-12)9(15-6(2)13)8(14)7(4-11)16-10/h7-9,11-12,14H,3-5H2,1-2H3/t7-,8-,9+,10+/m1/s1. The number of esters is 1. The van der Waals surface area contributed by atoms with Gasteiger partial charge in [-0.15, -0.1) is 11.8 Å². The van der Waals surface area contributed by atoms with E-state index in [0.717, 1.165) is 0 Å². The highest BCUT2D eigenvalue weighted by molar-refractivity contribution is 8.00. The van der Waals surface area contributed by atoms with Gasteiger partial charge in [0.1, 0.15) is 12.2 Å². The Morgan fingerprint density at radius 3 is 2.59 bits per heavy atom. The van der Waals surface area contributed by atoms with Gasteiger partial charge >= 0.3 is 5.97 Å². The average molecular weight is 266 g/mol. The second kappa shape index (κ2) is 6.01. The van der Waals surface area contributed by atoms with Crippen LogP contribution in [-0.2, 0) is 14.3 Å². The molecule has 100 valence electrons. The monoisotopic (exact) mass is 266 g/mol. The molecule has 1 rings (SSSR count). The summed E-state index contributed by atoms with van der Waals surface area (Å²) in [6.07, 6.45) is -2.98. The fourth-order valence-corrected chi connectivity index (χ4v) is 2.99. The predicted octanol–water partition coefficient (Wildman–Crippen LogP) is -0.888. The van der Waals surface area contributed by atoms with Crippen LogP contribution < -0.4 is 0 Å². The van der Waals surface area contributed by atoms with Crippen molar-refractivity contribution in [2.24, 2.45) is 0 Å². The van der Waals surface area contributed by atoms with Crippen LogP contribution in [0.15, 0.2) is 0 Å². The van der Waals surface area contributed by atoms with Crippen molar-refractivity contribution in [1.29, 1.82) is 0 Å². The molecule has 0 spiro atoms. The number of carbonyl (C=O) groups is 1. The first-order chi connectivity index (χ1) is 8.00. The molecular formula is C10H18O6S. The molecule has 1 fully saturated rings. The maximum Gasteiger partial charge on any atom is 0.303 e. The molecule has 7 heteroatoms. The predicted molar refractivity (Wildman–Crippen MR) is 61.5 cm³/mol. The second-order valence-electron chi connectivity index (χ2n) is 3.76. The highest BCUT2D eigenvalue weighted by Gasteiger charge is 2.56. The summed E-state index contributed by atoms with van der Waals surface area (Å²) in [5.41, 5.74) is 0. The molecule has 6 nitrogen and oxygen atoms in total. The Balaban J connectivity index is 2.94. The zero-order valence-corrected chi connectivity index (χ0v) is 10.6. The molecule has 1 saturated heterocycles. The fraction of sp³-hybridized carbons (Fsp3) is 0.900. The molecule has 0 aliphatic carbocycles. The average Bonchev–Trinajstić information content (AvgIpc) is 2.54. The lowest BCUT2D eigenvalue weighted by molar-refractivity contribution is -0.155. The van der Waals surface area contributed by atoms with Crippen molar-refractivity contribution in [3.63, 3.8) is 0 Å².